The number of nitrogens with zero attached hydrogens (tertiary/aromatic N) is 2. The van der Waals surface area contributed by atoms with Gasteiger partial charge >= 0.3 is 0 Å². The van der Waals surface area contributed by atoms with Crippen LogP contribution < -0.4 is 10.6 Å². The summed E-state index contributed by atoms with van der Waals surface area (Å²) in [5, 5.41) is 11.0. The Morgan fingerprint density at radius 1 is 1.27 bits per heavy atom. The Morgan fingerprint density at radius 2 is 1.96 bits per heavy atom. The van der Waals surface area contributed by atoms with Crippen LogP contribution in [0.25, 0.3) is 0 Å². The second kappa shape index (κ2) is 7.36. The van der Waals surface area contributed by atoms with Crippen molar-refractivity contribution in [3.63, 3.8) is 0 Å². The summed E-state index contributed by atoms with van der Waals surface area (Å²) in [6.07, 6.45) is 8.47. The third kappa shape index (κ3) is 3.65. The van der Waals surface area contributed by atoms with E-state index in [1.165, 1.54) is 44.2 Å². The molecule has 144 valence electrons. The number of rotatable bonds is 5. The van der Waals surface area contributed by atoms with Gasteiger partial charge in [0, 0.05) is 17.8 Å². The van der Waals surface area contributed by atoms with Gasteiger partial charge in [0.1, 0.15) is 0 Å². The first-order chi connectivity index (χ1) is 12.2. The number of aromatic nitrogens is 2. The molecule has 4 aliphatic carbocycles. The Bertz CT molecular complexity index is 618. The molecule has 0 aromatic carbocycles. The normalized spacial score (nSPS) is 34.2. The maximum absolute atomic E-state index is 12.4. The fraction of sp³-hybridized carbons (Fsp3) is 0.789. The number of hydrogen-bond acceptors (Lipinski definition) is 4. The van der Waals surface area contributed by atoms with Crippen LogP contribution in [-0.4, -0.2) is 32.7 Å². The Kier molecular flexibility index (Phi) is 5.28. The first-order valence-corrected chi connectivity index (χ1v) is 10.8. The molecule has 0 radical (unpaired) electrons. The highest BCUT2D eigenvalue weighted by Gasteiger charge is 2.51. The van der Waals surface area contributed by atoms with Gasteiger partial charge in [0.25, 0.3) is 0 Å². The van der Waals surface area contributed by atoms with Crippen molar-refractivity contribution in [2.45, 2.75) is 62.9 Å². The van der Waals surface area contributed by atoms with E-state index in [0.717, 1.165) is 43.1 Å². The predicted octanol–water partition coefficient (Wildman–Crippen LogP) is 2.73. The van der Waals surface area contributed by atoms with Crippen molar-refractivity contribution in [1.29, 1.82) is 0 Å². The molecule has 4 fully saturated rings. The Labute approximate surface area is 165 Å². The lowest BCUT2D eigenvalue weighted by Crippen LogP contribution is -2.49. The van der Waals surface area contributed by atoms with Gasteiger partial charge in [-0.05, 0) is 62.3 Å². The molecule has 0 saturated heterocycles. The first-order valence-electron chi connectivity index (χ1n) is 9.84. The minimum atomic E-state index is 0. The summed E-state index contributed by atoms with van der Waals surface area (Å²) in [5.41, 5.74) is 2.20. The van der Waals surface area contributed by atoms with E-state index in [4.69, 9.17) is 0 Å². The molecule has 1 aliphatic heterocycles. The van der Waals surface area contributed by atoms with E-state index >= 15 is 0 Å². The predicted molar refractivity (Wildman–Crippen MR) is 106 cm³/mol. The number of halogens is 1. The van der Waals surface area contributed by atoms with Gasteiger partial charge in [0.2, 0.25) is 5.91 Å². The lowest BCUT2D eigenvalue weighted by atomic mass is 9.56. The summed E-state index contributed by atoms with van der Waals surface area (Å²) < 4.78 is 2.48. The Morgan fingerprint density at radius 3 is 2.62 bits per heavy atom. The van der Waals surface area contributed by atoms with Crippen LogP contribution in [0.1, 0.15) is 49.9 Å². The van der Waals surface area contributed by atoms with Gasteiger partial charge in [-0.3, -0.25) is 9.48 Å². The van der Waals surface area contributed by atoms with Crippen molar-refractivity contribution in [1.82, 2.24) is 20.4 Å². The molecule has 0 unspecified atom stereocenters. The molecule has 0 spiro atoms. The van der Waals surface area contributed by atoms with E-state index < -0.39 is 0 Å². The third-order valence-electron chi connectivity index (χ3n) is 6.68. The quantitative estimate of drug-likeness (QED) is 0.803. The summed E-state index contributed by atoms with van der Waals surface area (Å²) in [7, 11) is 0. The molecule has 4 saturated carbocycles. The summed E-state index contributed by atoms with van der Waals surface area (Å²) in [5.74, 6) is 3.64. The molecule has 1 amide bonds. The molecule has 1 aromatic rings. The highest BCUT2D eigenvalue weighted by atomic mass is 35.5. The first kappa shape index (κ1) is 18.6. The topological polar surface area (TPSA) is 59.0 Å². The maximum Gasteiger partial charge on any atom is 0.230 e. The van der Waals surface area contributed by atoms with Gasteiger partial charge in [-0.25, -0.2) is 0 Å². The SMILES string of the molecule is Cl.O=C(CSC12CC3CC(CC(C3)C1)C2)NCc1cc2n(n1)CCNC2. The summed E-state index contributed by atoms with van der Waals surface area (Å²) >= 11 is 1.96. The van der Waals surface area contributed by atoms with Crippen LogP contribution in [0.3, 0.4) is 0 Å². The van der Waals surface area contributed by atoms with E-state index in [9.17, 15) is 4.79 Å². The van der Waals surface area contributed by atoms with Crippen LogP contribution in [0.2, 0.25) is 0 Å². The molecule has 26 heavy (non-hydrogen) atoms. The monoisotopic (exact) mass is 396 g/mol. The van der Waals surface area contributed by atoms with E-state index in [1.807, 2.05) is 11.8 Å². The van der Waals surface area contributed by atoms with Crippen LogP contribution in [0.5, 0.6) is 0 Å². The number of hydrogen-bond donors (Lipinski definition) is 2. The molecule has 2 heterocycles. The average Bonchev–Trinajstić information content (AvgIpc) is 3.00. The van der Waals surface area contributed by atoms with Gasteiger partial charge in [0.15, 0.2) is 0 Å². The molecule has 5 aliphatic rings. The van der Waals surface area contributed by atoms with Crippen molar-refractivity contribution in [3.8, 4) is 0 Å². The molecule has 1 aromatic heterocycles. The second-order valence-electron chi connectivity index (χ2n) is 8.69. The standard InChI is InChI=1S/C19H28N4OS.ClH/c24-18(21-10-16-6-17-11-20-1-2-23(17)22-16)12-25-19-7-13-3-14(8-19)5-15(4-13)9-19;/h6,13-15,20H,1-5,7-12H2,(H,21,24);1H. The molecule has 4 bridgehead atoms. The highest BCUT2D eigenvalue weighted by Crippen LogP contribution is 2.60. The number of carbonyl (C=O) groups is 1. The Hall–Kier alpha value is -0.720. The van der Waals surface area contributed by atoms with Crippen LogP contribution in [0.15, 0.2) is 6.07 Å². The van der Waals surface area contributed by atoms with Crippen LogP contribution in [0, 0.1) is 17.8 Å². The lowest BCUT2D eigenvalue weighted by molar-refractivity contribution is -0.118. The molecule has 2 N–H and O–H groups in total. The molecular weight excluding hydrogens is 368 g/mol. The van der Waals surface area contributed by atoms with E-state index in [2.05, 4.69) is 26.5 Å². The van der Waals surface area contributed by atoms with E-state index in [0.29, 0.717) is 17.0 Å². The van der Waals surface area contributed by atoms with Gasteiger partial charge < -0.3 is 10.6 Å². The molecule has 5 nitrogen and oxygen atoms in total. The van der Waals surface area contributed by atoms with Crippen LogP contribution in [0.4, 0.5) is 0 Å². The zero-order valence-corrected chi connectivity index (χ0v) is 16.8. The zero-order chi connectivity index (χ0) is 16.9. The molecule has 0 atom stereocenters. The van der Waals surface area contributed by atoms with Crippen LogP contribution >= 0.6 is 24.2 Å². The highest BCUT2D eigenvalue weighted by molar-refractivity contribution is 8.01. The van der Waals surface area contributed by atoms with E-state index in [-0.39, 0.29) is 18.3 Å². The molecular formula is C19H29ClN4OS. The van der Waals surface area contributed by atoms with Crippen molar-refractivity contribution in [3.05, 3.63) is 17.5 Å². The fourth-order valence-corrected chi connectivity index (χ4v) is 7.61. The summed E-state index contributed by atoms with van der Waals surface area (Å²) in [6, 6.07) is 2.11. The zero-order valence-electron chi connectivity index (χ0n) is 15.2. The van der Waals surface area contributed by atoms with Gasteiger partial charge in [0.05, 0.1) is 30.2 Å². The van der Waals surface area contributed by atoms with Crippen molar-refractivity contribution >= 4 is 30.1 Å². The van der Waals surface area contributed by atoms with Gasteiger partial charge in [-0.1, -0.05) is 0 Å². The fourth-order valence-electron chi connectivity index (χ4n) is 6.01. The van der Waals surface area contributed by atoms with Crippen LogP contribution in [-0.2, 0) is 24.4 Å². The minimum absolute atomic E-state index is 0. The molecule has 7 heteroatoms. The van der Waals surface area contributed by atoms with Crippen molar-refractivity contribution in [2.75, 3.05) is 12.3 Å². The van der Waals surface area contributed by atoms with E-state index in [1.54, 1.807) is 0 Å². The number of amides is 1. The summed E-state index contributed by atoms with van der Waals surface area (Å²) in [6.45, 7) is 3.33. The number of carbonyl (C=O) groups excluding carboxylic acids is 1. The third-order valence-corrected chi connectivity index (χ3v) is 8.20. The minimum Gasteiger partial charge on any atom is -0.350 e. The summed E-state index contributed by atoms with van der Waals surface area (Å²) in [4.78, 5) is 12.4. The molecule has 6 rings (SSSR count). The number of nitrogens with one attached hydrogen (secondary N) is 2. The van der Waals surface area contributed by atoms with Crippen molar-refractivity contribution in [2.24, 2.45) is 17.8 Å². The Balaban J connectivity index is 0.00000168. The lowest BCUT2D eigenvalue weighted by Gasteiger charge is -2.56. The maximum atomic E-state index is 12.4. The smallest absolute Gasteiger partial charge is 0.230 e. The number of fused-ring (bicyclic) bond motifs is 1. The van der Waals surface area contributed by atoms with Gasteiger partial charge in [-0.2, -0.15) is 5.10 Å². The average molecular weight is 397 g/mol. The largest absolute Gasteiger partial charge is 0.350 e. The second-order valence-corrected chi connectivity index (χ2v) is 10.1. The number of thioether (sulfide) groups is 1. The van der Waals surface area contributed by atoms with Gasteiger partial charge in [-0.15, -0.1) is 24.2 Å². The van der Waals surface area contributed by atoms with Crippen molar-refractivity contribution < 1.29 is 4.79 Å².